The highest BCUT2D eigenvalue weighted by Gasteiger charge is 2.79. The van der Waals surface area contributed by atoms with E-state index in [1.807, 2.05) is 18.2 Å². The highest BCUT2D eigenvalue weighted by atomic mass is 35.5. The minimum absolute atomic E-state index is 0.206. The minimum Gasteiger partial charge on any atom is -0.447 e. The second kappa shape index (κ2) is 5.86. The molecule has 2 saturated heterocycles. The highest BCUT2D eigenvalue weighted by Crippen LogP contribution is 2.67. The van der Waals surface area contributed by atoms with Crippen LogP contribution in [0.4, 0.5) is 0 Å². The Labute approximate surface area is 160 Å². The van der Waals surface area contributed by atoms with E-state index in [4.69, 9.17) is 38.1 Å². The lowest BCUT2D eigenvalue weighted by molar-refractivity contribution is -0.280. The molecule has 2 aliphatic heterocycles. The van der Waals surface area contributed by atoms with Crippen molar-refractivity contribution in [2.24, 2.45) is 16.7 Å². The smallest absolute Gasteiger partial charge is 0.217 e. The van der Waals surface area contributed by atoms with Crippen LogP contribution in [0, 0.1) is 56.2 Å². The van der Waals surface area contributed by atoms with Gasteiger partial charge in [-0.15, -0.1) is 0 Å². The zero-order valence-corrected chi connectivity index (χ0v) is 15.5. The molecule has 0 radical (unpaired) electrons. The van der Waals surface area contributed by atoms with E-state index in [1.165, 1.54) is 0 Å². The third-order valence-corrected chi connectivity index (χ3v) is 6.22. The molecule has 8 heteroatoms. The number of rotatable bonds is 2. The van der Waals surface area contributed by atoms with Gasteiger partial charge in [0.15, 0.2) is 5.41 Å². The van der Waals surface area contributed by atoms with Crippen molar-refractivity contribution in [2.45, 2.75) is 32.2 Å². The van der Waals surface area contributed by atoms with Gasteiger partial charge in [-0.25, -0.2) is 0 Å². The maximum atomic E-state index is 10.0. The first kappa shape index (κ1) is 18.5. The fourth-order valence-corrected chi connectivity index (χ4v) is 4.66. The normalized spacial score (nSPS) is 34.3. The summed E-state index contributed by atoms with van der Waals surface area (Å²) in [5, 5.41) is 38.8. The molecule has 132 valence electrons. The Morgan fingerprint density at radius 1 is 1.15 bits per heavy atom. The van der Waals surface area contributed by atoms with Crippen LogP contribution in [0.5, 0.6) is 0 Å². The Hall–Kier alpha value is -2.30. The summed E-state index contributed by atoms with van der Waals surface area (Å²) < 4.78 is 11.8. The molecular weight excluding hydrogens is 375 g/mol. The van der Waals surface area contributed by atoms with Crippen molar-refractivity contribution >= 4 is 29.1 Å². The first-order valence-corrected chi connectivity index (χ1v) is 8.69. The molecule has 4 unspecified atom stereocenters. The van der Waals surface area contributed by atoms with E-state index in [0.717, 1.165) is 0 Å². The lowest BCUT2D eigenvalue weighted by Crippen LogP contribution is -2.58. The molecule has 0 spiro atoms. The van der Waals surface area contributed by atoms with Gasteiger partial charge in [-0.1, -0.05) is 43.1 Å². The second-order valence-electron chi connectivity index (χ2n) is 6.40. The molecule has 2 fully saturated rings. The van der Waals surface area contributed by atoms with Crippen molar-refractivity contribution < 1.29 is 9.47 Å². The van der Waals surface area contributed by atoms with Crippen molar-refractivity contribution in [2.75, 3.05) is 0 Å². The fourth-order valence-electron chi connectivity index (χ4n) is 4.06. The van der Waals surface area contributed by atoms with Crippen LogP contribution < -0.4 is 0 Å². The third-order valence-electron chi connectivity index (χ3n) is 5.56. The van der Waals surface area contributed by atoms with Crippen molar-refractivity contribution in [3.05, 3.63) is 33.8 Å². The Morgan fingerprint density at radius 3 is 2.19 bits per heavy atom. The number of nitrogens with one attached hydrogen (secondary N) is 1. The van der Waals surface area contributed by atoms with E-state index in [-0.39, 0.29) is 15.6 Å². The van der Waals surface area contributed by atoms with Crippen molar-refractivity contribution in [3.63, 3.8) is 0 Å². The fraction of sp³-hybridized carbons (Fsp3) is 0.444. The average Bonchev–Trinajstić information content (AvgIpc) is 2.79. The highest BCUT2D eigenvalue weighted by molar-refractivity contribution is 6.36. The molecule has 3 rings (SSSR count). The molecule has 0 aliphatic carbocycles. The van der Waals surface area contributed by atoms with E-state index in [2.05, 4.69) is 0 Å². The van der Waals surface area contributed by atoms with Crippen molar-refractivity contribution in [3.8, 4) is 18.2 Å². The Kier molecular flexibility index (Phi) is 4.17. The van der Waals surface area contributed by atoms with Crippen molar-refractivity contribution in [1.82, 2.24) is 0 Å². The molecule has 26 heavy (non-hydrogen) atoms. The number of hydrogen-bond acceptors (Lipinski definition) is 6. The lowest BCUT2D eigenvalue weighted by atomic mass is 9.53. The number of halogens is 2. The molecular formula is C18H14Cl2N4O2. The van der Waals surface area contributed by atoms with E-state index in [9.17, 15) is 15.8 Å². The number of ether oxygens (including phenoxy) is 2. The monoisotopic (exact) mass is 388 g/mol. The Morgan fingerprint density at radius 2 is 1.73 bits per heavy atom. The molecule has 1 aromatic rings. The molecule has 2 aliphatic rings. The minimum atomic E-state index is -2.05. The summed E-state index contributed by atoms with van der Waals surface area (Å²) in [7, 11) is 0. The topological polar surface area (TPSA) is 114 Å². The molecule has 0 saturated carbocycles. The summed E-state index contributed by atoms with van der Waals surface area (Å²) in [5.74, 6) is -2.48. The first-order chi connectivity index (χ1) is 12.3. The predicted molar refractivity (Wildman–Crippen MR) is 93.0 cm³/mol. The SMILES string of the molecule is CCC12OC(=N)C(C#N)(C1C)C(C#N)(C#N)C(c1c(Cl)cccc1Cl)O2. The van der Waals surface area contributed by atoms with Crippen LogP contribution in [-0.4, -0.2) is 11.7 Å². The summed E-state index contributed by atoms with van der Waals surface area (Å²) in [6.45, 7) is 3.44. The van der Waals surface area contributed by atoms with Crippen molar-refractivity contribution in [1.29, 1.82) is 21.2 Å². The van der Waals surface area contributed by atoms with Crippen LogP contribution in [0.15, 0.2) is 18.2 Å². The zero-order chi connectivity index (χ0) is 19.3. The number of benzene rings is 1. The molecule has 2 heterocycles. The van der Waals surface area contributed by atoms with Gasteiger partial charge in [-0.3, -0.25) is 5.41 Å². The van der Waals surface area contributed by atoms with Crippen LogP contribution in [-0.2, 0) is 9.47 Å². The van der Waals surface area contributed by atoms with Gasteiger partial charge < -0.3 is 9.47 Å². The molecule has 1 aromatic carbocycles. The number of hydrogen-bond donors (Lipinski definition) is 1. The van der Waals surface area contributed by atoms with Gasteiger partial charge >= 0.3 is 0 Å². The molecule has 1 N–H and O–H groups in total. The van der Waals surface area contributed by atoms with Gasteiger partial charge in [0, 0.05) is 22.0 Å². The molecule has 0 aromatic heterocycles. The lowest BCUT2D eigenvalue weighted by Gasteiger charge is -2.48. The van der Waals surface area contributed by atoms with E-state index in [1.54, 1.807) is 32.0 Å². The summed E-state index contributed by atoms with van der Waals surface area (Å²) in [6, 6.07) is 10.7. The van der Waals surface area contributed by atoms with Gasteiger partial charge in [0.2, 0.25) is 17.1 Å². The maximum absolute atomic E-state index is 10.0. The van der Waals surface area contributed by atoms with Gasteiger partial charge in [0.05, 0.1) is 24.1 Å². The summed E-state index contributed by atoms with van der Waals surface area (Å²) in [6.07, 6.45) is -0.941. The zero-order valence-electron chi connectivity index (χ0n) is 14.0. The third kappa shape index (κ3) is 1.86. The number of nitriles is 3. The quantitative estimate of drug-likeness (QED) is 0.807. The second-order valence-corrected chi connectivity index (χ2v) is 7.22. The van der Waals surface area contributed by atoms with Gasteiger partial charge in [0.25, 0.3) is 0 Å². The molecule has 0 amide bonds. The maximum Gasteiger partial charge on any atom is 0.217 e. The van der Waals surface area contributed by atoms with Crippen LogP contribution in [0.2, 0.25) is 10.0 Å². The molecule has 6 nitrogen and oxygen atoms in total. The number of fused-ring (bicyclic) bond motifs is 2. The van der Waals surface area contributed by atoms with Crippen LogP contribution >= 0.6 is 23.2 Å². The van der Waals surface area contributed by atoms with Crippen LogP contribution in [0.3, 0.4) is 0 Å². The first-order valence-electron chi connectivity index (χ1n) is 7.93. The van der Waals surface area contributed by atoms with Crippen LogP contribution in [0.1, 0.15) is 31.9 Å². The van der Waals surface area contributed by atoms with Gasteiger partial charge in [0.1, 0.15) is 6.10 Å². The number of nitrogens with zero attached hydrogens (tertiary/aromatic N) is 3. The summed E-state index contributed by atoms with van der Waals surface area (Å²) in [4.78, 5) is 0. The largest absolute Gasteiger partial charge is 0.447 e. The predicted octanol–water partition coefficient (Wildman–Crippen LogP) is 4.36. The summed E-state index contributed by atoms with van der Waals surface area (Å²) >= 11 is 12.6. The molecule has 2 bridgehead atoms. The van der Waals surface area contributed by atoms with Crippen LogP contribution in [0.25, 0.3) is 0 Å². The van der Waals surface area contributed by atoms with Gasteiger partial charge in [-0.05, 0) is 12.1 Å². The average molecular weight is 389 g/mol. The standard InChI is InChI=1S/C18H14Cl2N4O2/c1-3-18-10(2)17(9-23,15(24)26-18)16(7-21,8-22)14(25-18)13-11(19)5-4-6-12(13)20/h4-6,10,14,24H,3H2,1-2H3. The Balaban J connectivity index is 2.41. The van der Waals surface area contributed by atoms with E-state index >= 15 is 0 Å². The van der Waals surface area contributed by atoms with E-state index in [0.29, 0.717) is 6.42 Å². The molecule has 4 atom stereocenters. The Bertz CT molecular complexity index is 894. The van der Waals surface area contributed by atoms with Gasteiger partial charge in [-0.2, -0.15) is 15.8 Å². The summed E-state index contributed by atoms with van der Waals surface area (Å²) in [5.41, 5.74) is -3.62. The van der Waals surface area contributed by atoms with E-state index < -0.39 is 34.5 Å².